The molecule has 0 aromatic heterocycles. The highest BCUT2D eigenvalue weighted by molar-refractivity contribution is 5.96. The van der Waals surface area contributed by atoms with Crippen LogP contribution in [-0.4, -0.2) is 46.1 Å². The maximum Gasteiger partial charge on any atom is 0.410 e. The third kappa shape index (κ3) is 5.49. The van der Waals surface area contributed by atoms with Crippen molar-refractivity contribution in [1.82, 2.24) is 4.90 Å². The third-order valence-electron chi connectivity index (χ3n) is 5.83. The first-order chi connectivity index (χ1) is 14.1. The number of anilines is 1. The molecule has 1 N–H and O–H groups in total. The van der Waals surface area contributed by atoms with Crippen molar-refractivity contribution in [1.29, 1.82) is 0 Å². The SMILES string of the molecule is CC(C)(C)OC(=O)N1CCC[C@@H]1C(=O)Nc1ccc(C2CCC([N+](=O)[O-])CC2)cc1. The van der Waals surface area contributed by atoms with E-state index in [-0.39, 0.29) is 10.8 Å². The lowest BCUT2D eigenvalue weighted by Crippen LogP contribution is -2.45. The van der Waals surface area contributed by atoms with Gasteiger partial charge in [0, 0.05) is 30.0 Å². The Morgan fingerprint density at radius 3 is 2.30 bits per heavy atom. The summed E-state index contributed by atoms with van der Waals surface area (Å²) in [6.07, 6.45) is 3.76. The number of rotatable bonds is 4. The monoisotopic (exact) mass is 417 g/mol. The predicted octanol–water partition coefficient (Wildman–Crippen LogP) is 4.33. The summed E-state index contributed by atoms with van der Waals surface area (Å²) in [5.41, 5.74) is 1.22. The minimum Gasteiger partial charge on any atom is -0.444 e. The number of ether oxygens (including phenoxy) is 1. The van der Waals surface area contributed by atoms with Gasteiger partial charge in [0.15, 0.2) is 0 Å². The van der Waals surface area contributed by atoms with E-state index in [0.717, 1.165) is 24.8 Å². The molecule has 2 amide bonds. The van der Waals surface area contributed by atoms with Crippen molar-refractivity contribution in [2.24, 2.45) is 0 Å². The highest BCUT2D eigenvalue weighted by Crippen LogP contribution is 2.34. The van der Waals surface area contributed by atoms with Crippen LogP contribution in [0.4, 0.5) is 10.5 Å². The molecule has 1 aliphatic heterocycles. The second kappa shape index (κ2) is 9.02. The first kappa shape index (κ1) is 22.1. The van der Waals surface area contributed by atoms with Gasteiger partial charge in [-0.15, -0.1) is 0 Å². The summed E-state index contributed by atoms with van der Waals surface area (Å²) in [5, 5.41) is 13.8. The zero-order chi connectivity index (χ0) is 21.9. The van der Waals surface area contributed by atoms with Crippen molar-refractivity contribution >= 4 is 17.7 Å². The van der Waals surface area contributed by atoms with Crippen LogP contribution in [0.25, 0.3) is 0 Å². The molecule has 8 heteroatoms. The minimum atomic E-state index is -0.602. The number of hydrogen-bond acceptors (Lipinski definition) is 5. The van der Waals surface area contributed by atoms with Crippen molar-refractivity contribution in [2.75, 3.05) is 11.9 Å². The fourth-order valence-corrected chi connectivity index (χ4v) is 4.26. The van der Waals surface area contributed by atoms with Crippen LogP contribution in [-0.2, 0) is 9.53 Å². The molecule has 1 atom stereocenters. The molecule has 1 aliphatic carbocycles. The topological polar surface area (TPSA) is 102 Å². The molecule has 3 rings (SSSR count). The molecular weight excluding hydrogens is 386 g/mol. The second-order valence-corrected chi connectivity index (χ2v) is 9.23. The molecule has 30 heavy (non-hydrogen) atoms. The summed E-state index contributed by atoms with van der Waals surface area (Å²) in [7, 11) is 0. The van der Waals surface area contributed by atoms with Crippen LogP contribution in [0.3, 0.4) is 0 Å². The fraction of sp³-hybridized carbons (Fsp3) is 0.636. The van der Waals surface area contributed by atoms with Crippen LogP contribution >= 0.6 is 0 Å². The summed E-state index contributed by atoms with van der Waals surface area (Å²) < 4.78 is 5.42. The number of hydrogen-bond donors (Lipinski definition) is 1. The fourth-order valence-electron chi connectivity index (χ4n) is 4.26. The first-order valence-corrected chi connectivity index (χ1v) is 10.7. The molecule has 0 unspecified atom stereocenters. The van der Waals surface area contributed by atoms with Crippen LogP contribution in [0.15, 0.2) is 24.3 Å². The summed E-state index contributed by atoms with van der Waals surface area (Å²) in [4.78, 5) is 37.4. The molecule has 1 saturated carbocycles. The summed E-state index contributed by atoms with van der Waals surface area (Å²) in [5.74, 6) is 0.112. The van der Waals surface area contributed by atoms with E-state index in [2.05, 4.69) is 5.32 Å². The maximum atomic E-state index is 12.8. The highest BCUT2D eigenvalue weighted by Gasteiger charge is 2.36. The Morgan fingerprint density at radius 2 is 1.73 bits per heavy atom. The van der Waals surface area contributed by atoms with Crippen molar-refractivity contribution in [2.45, 2.75) is 82.9 Å². The third-order valence-corrected chi connectivity index (χ3v) is 5.83. The number of nitro groups is 1. The first-order valence-electron chi connectivity index (χ1n) is 10.7. The van der Waals surface area contributed by atoms with Crippen molar-refractivity contribution in [3.63, 3.8) is 0 Å². The molecular formula is C22H31N3O5. The van der Waals surface area contributed by atoms with Crippen molar-refractivity contribution < 1.29 is 19.2 Å². The van der Waals surface area contributed by atoms with Crippen LogP contribution in [0.5, 0.6) is 0 Å². The quantitative estimate of drug-likeness (QED) is 0.580. The molecule has 0 spiro atoms. The van der Waals surface area contributed by atoms with E-state index in [0.29, 0.717) is 37.4 Å². The van der Waals surface area contributed by atoms with Crippen LogP contribution in [0.2, 0.25) is 0 Å². The number of likely N-dealkylation sites (tertiary alicyclic amines) is 1. The number of carbonyl (C=O) groups excluding carboxylic acids is 2. The number of amides is 2. The predicted molar refractivity (Wildman–Crippen MR) is 113 cm³/mol. The molecule has 0 radical (unpaired) electrons. The number of benzene rings is 1. The van der Waals surface area contributed by atoms with Gasteiger partial charge in [-0.1, -0.05) is 12.1 Å². The van der Waals surface area contributed by atoms with Gasteiger partial charge in [0.1, 0.15) is 11.6 Å². The van der Waals surface area contributed by atoms with Gasteiger partial charge in [0.25, 0.3) is 0 Å². The highest BCUT2D eigenvalue weighted by atomic mass is 16.6. The number of nitrogens with one attached hydrogen (secondary N) is 1. The average Bonchev–Trinajstić information content (AvgIpc) is 3.18. The summed E-state index contributed by atoms with van der Waals surface area (Å²) >= 11 is 0. The van der Waals surface area contributed by atoms with Gasteiger partial charge in [0.05, 0.1) is 0 Å². The van der Waals surface area contributed by atoms with Crippen LogP contribution in [0, 0.1) is 10.1 Å². The van der Waals surface area contributed by atoms with Gasteiger partial charge in [-0.05, 0) is 70.1 Å². The van der Waals surface area contributed by atoms with Gasteiger partial charge in [-0.25, -0.2) is 4.79 Å². The molecule has 0 bridgehead atoms. The molecule has 1 aromatic rings. The number of nitrogens with zero attached hydrogens (tertiary/aromatic N) is 2. The largest absolute Gasteiger partial charge is 0.444 e. The lowest BCUT2D eigenvalue weighted by atomic mass is 9.82. The molecule has 1 aromatic carbocycles. The zero-order valence-corrected chi connectivity index (χ0v) is 17.9. The normalized spacial score (nSPS) is 24.4. The maximum absolute atomic E-state index is 12.8. The zero-order valence-electron chi connectivity index (χ0n) is 17.9. The minimum absolute atomic E-state index is 0.168. The Kier molecular flexibility index (Phi) is 6.63. The van der Waals surface area contributed by atoms with E-state index in [1.165, 1.54) is 4.90 Å². The van der Waals surface area contributed by atoms with Gasteiger partial charge in [0.2, 0.25) is 11.9 Å². The Hall–Kier alpha value is -2.64. The van der Waals surface area contributed by atoms with Crippen LogP contribution in [0.1, 0.15) is 70.8 Å². The van der Waals surface area contributed by atoms with E-state index >= 15 is 0 Å². The van der Waals surface area contributed by atoms with Gasteiger partial charge < -0.3 is 10.1 Å². The van der Waals surface area contributed by atoms with Crippen molar-refractivity contribution in [3.05, 3.63) is 39.9 Å². The second-order valence-electron chi connectivity index (χ2n) is 9.23. The molecule has 8 nitrogen and oxygen atoms in total. The Bertz CT molecular complexity index is 779. The van der Waals surface area contributed by atoms with E-state index in [9.17, 15) is 19.7 Å². The molecule has 2 aliphatic rings. The Balaban J connectivity index is 1.57. The smallest absolute Gasteiger partial charge is 0.410 e. The lowest BCUT2D eigenvalue weighted by Gasteiger charge is -2.28. The lowest BCUT2D eigenvalue weighted by molar-refractivity contribution is -0.526. The number of carbonyl (C=O) groups is 2. The summed E-state index contributed by atoms with van der Waals surface area (Å²) in [6, 6.07) is 6.73. The van der Waals surface area contributed by atoms with E-state index in [1.54, 1.807) is 0 Å². The average molecular weight is 418 g/mol. The van der Waals surface area contributed by atoms with E-state index in [1.807, 2.05) is 45.0 Å². The van der Waals surface area contributed by atoms with Crippen LogP contribution < -0.4 is 5.32 Å². The molecule has 164 valence electrons. The van der Waals surface area contributed by atoms with Crippen molar-refractivity contribution in [3.8, 4) is 0 Å². The van der Waals surface area contributed by atoms with Gasteiger partial charge >= 0.3 is 6.09 Å². The molecule has 1 saturated heterocycles. The molecule has 2 fully saturated rings. The van der Waals surface area contributed by atoms with E-state index in [4.69, 9.17) is 4.74 Å². The Labute approximate surface area is 177 Å². The molecule has 1 heterocycles. The van der Waals surface area contributed by atoms with E-state index < -0.39 is 23.8 Å². The Morgan fingerprint density at radius 1 is 1.10 bits per heavy atom. The standard InChI is InChI=1S/C22H31N3O5/c1-22(2,3)30-21(27)24-14-4-5-19(24)20(26)23-17-10-6-15(7-11-17)16-8-12-18(13-9-16)25(28)29/h6-7,10-11,16,18-19H,4-5,8-9,12-14H2,1-3H3,(H,23,26)/t16?,18?,19-/m1/s1. The van der Waals surface area contributed by atoms with Gasteiger partial charge in [-0.3, -0.25) is 19.8 Å². The summed E-state index contributed by atoms with van der Waals surface area (Å²) in [6.45, 7) is 5.93. The van der Waals surface area contributed by atoms with Gasteiger partial charge in [-0.2, -0.15) is 0 Å².